The van der Waals surface area contributed by atoms with Gasteiger partial charge >= 0.3 is 0 Å². The van der Waals surface area contributed by atoms with Gasteiger partial charge in [0.15, 0.2) is 17.5 Å². The molecule has 1 aliphatic rings. The second kappa shape index (κ2) is 7.22. The van der Waals surface area contributed by atoms with E-state index in [-0.39, 0.29) is 0 Å². The number of carbonyl (C=O) groups is 2. The number of carbonyl (C=O) groups excluding carboxylic acids is 2. The lowest BCUT2D eigenvalue weighted by Crippen LogP contribution is -2.37. The molecule has 2 atom stereocenters. The van der Waals surface area contributed by atoms with Crippen LogP contribution in [0.15, 0.2) is 24.8 Å². The van der Waals surface area contributed by atoms with E-state index in [1.807, 2.05) is 0 Å². The molecule has 2 aromatic rings. The number of aromatic hydroxyl groups is 2. The van der Waals surface area contributed by atoms with E-state index >= 15 is 0 Å². The summed E-state index contributed by atoms with van der Waals surface area (Å²) in [7, 11) is 0. The second-order valence-electron chi connectivity index (χ2n) is 6.24. The number of hydrogen-bond donors (Lipinski definition) is 5. The Bertz CT molecular complexity index is 1070. The van der Waals surface area contributed by atoms with Gasteiger partial charge < -0.3 is 25.7 Å². The molecule has 0 aliphatic heterocycles. The molecule has 0 aromatic heterocycles. The fraction of sp³-hybridized carbons (Fsp3) is 0.158. The molecular weight excluding hydrogens is 395 g/mol. The maximum atomic E-state index is 14.5. The number of ketones is 2. The van der Waals surface area contributed by atoms with Crippen molar-refractivity contribution in [3.8, 4) is 11.5 Å². The van der Waals surface area contributed by atoms with Crippen LogP contribution in [0.4, 0.5) is 18.9 Å². The highest BCUT2D eigenvalue weighted by molar-refractivity contribution is 6.32. The van der Waals surface area contributed by atoms with E-state index < -0.39 is 87.2 Å². The van der Waals surface area contributed by atoms with Gasteiger partial charge in [-0.15, -0.1) is 6.58 Å². The highest BCUT2D eigenvalue weighted by Gasteiger charge is 2.41. The van der Waals surface area contributed by atoms with Crippen molar-refractivity contribution in [2.24, 2.45) is 0 Å². The number of aliphatic hydroxyl groups is 2. The Kier molecular flexibility index (Phi) is 5.07. The van der Waals surface area contributed by atoms with Crippen LogP contribution in [0.1, 0.15) is 31.8 Å². The minimum Gasteiger partial charge on any atom is -0.507 e. The Morgan fingerprint density at radius 1 is 0.931 bits per heavy atom. The standard InChI is InChI=1S/C19H14F3NO6/c1-2-7(25)6(5-24)23-17-13-12(14(20)15(21)16(17)22)18(28)10-8(26)3-4-9(27)11(10)19(13)29/h2-4,6-7,23-27H,1,5H2. The molecule has 1 aliphatic carbocycles. The summed E-state index contributed by atoms with van der Waals surface area (Å²) in [4.78, 5) is 25.6. The summed E-state index contributed by atoms with van der Waals surface area (Å²) < 4.78 is 43.1. The van der Waals surface area contributed by atoms with Crippen LogP contribution >= 0.6 is 0 Å². The fourth-order valence-electron chi connectivity index (χ4n) is 3.12. The first kappa shape index (κ1) is 20.4. The number of phenolic OH excluding ortho intramolecular Hbond substituents is 2. The molecular formula is C19H14F3NO6. The first-order valence-corrected chi connectivity index (χ1v) is 8.18. The Hall–Kier alpha value is -3.37. The van der Waals surface area contributed by atoms with E-state index in [9.17, 15) is 43.2 Å². The molecule has 7 nitrogen and oxygen atoms in total. The third-order valence-corrected chi connectivity index (χ3v) is 4.57. The van der Waals surface area contributed by atoms with E-state index in [1.54, 1.807) is 0 Å². The van der Waals surface area contributed by atoms with Crippen molar-refractivity contribution >= 4 is 17.3 Å². The number of rotatable bonds is 5. The molecule has 3 rings (SSSR count). The summed E-state index contributed by atoms with van der Waals surface area (Å²) in [5.41, 5.74) is -4.58. The van der Waals surface area contributed by atoms with Crippen LogP contribution < -0.4 is 5.32 Å². The molecule has 0 radical (unpaired) electrons. The van der Waals surface area contributed by atoms with Gasteiger partial charge in [-0.25, -0.2) is 13.2 Å². The van der Waals surface area contributed by atoms with Crippen molar-refractivity contribution in [3.05, 3.63) is 64.5 Å². The number of benzene rings is 2. The lowest BCUT2D eigenvalue weighted by molar-refractivity contribution is 0.0969. The van der Waals surface area contributed by atoms with Gasteiger partial charge in [0.1, 0.15) is 11.5 Å². The van der Waals surface area contributed by atoms with Gasteiger partial charge in [-0.05, 0) is 12.1 Å². The summed E-state index contributed by atoms with van der Waals surface area (Å²) in [5.74, 6) is -10.1. The van der Waals surface area contributed by atoms with Crippen molar-refractivity contribution in [2.75, 3.05) is 11.9 Å². The zero-order valence-electron chi connectivity index (χ0n) is 14.5. The van der Waals surface area contributed by atoms with Crippen LogP contribution in [-0.4, -0.2) is 50.7 Å². The van der Waals surface area contributed by atoms with Crippen LogP contribution in [0.25, 0.3) is 0 Å². The number of fused-ring (bicyclic) bond motifs is 2. The minimum atomic E-state index is -2.08. The lowest BCUT2D eigenvalue weighted by atomic mass is 9.81. The van der Waals surface area contributed by atoms with Crippen molar-refractivity contribution in [2.45, 2.75) is 12.1 Å². The molecule has 5 N–H and O–H groups in total. The Balaban J connectivity index is 2.34. The number of halogens is 3. The summed E-state index contributed by atoms with van der Waals surface area (Å²) >= 11 is 0. The van der Waals surface area contributed by atoms with Crippen LogP contribution in [0.5, 0.6) is 11.5 Å². The van der Waals surface area contributed by atoms with E-state index in [0.717, 1.165) is 18.2 Å². The molecule has 2 unspecified atom stereocenters. The highest BCUT2D eigenvalue weighted by atomic mass is 19.2. The molecule has 0 fully saturated rings. The van der Waals surface area contributed by atoms with Crippen LogP contribution in [0.2, 0.25) is 0 Å². The number of hydrogen-bond acceptors (Lipinski definition) is 7. The van der Waals surface area contributed by atoms with Gasteiger partial charge in [-0.3, -0.25) is 9.59 Å². The Morgan fingerprint density at radius 3 is 1.93 bits per heavy atom. The predicted molar refractivity (Wildman–Crippen MR) is 93.7 cm³/mol. The van der Waals surface area contributed by atoms with Gasteiger partial charge in [0.25, 0.3) is 0 Å². The molecule has 0 bridgehead atoms. The largest absolute Gasteiger partial charge is 0.507 e. The van der Waals surface area contributed by atoms with Crippen molar-refractivity contribution in [1.29, 1.82) is 0 Å². The number of anilines is 1. The topological polar surface area (TPSA) is 127 Å². The van der Waals surface area contributed by atoms with Crippen molar-refractivity contribution < 1.29 is 43.2 Å². The maximum absolute atomic E-state index is 14.5. The summed E-state index contributed by atoms with van der Waals surface area (Å²) in [6, 6.07) is 0.382. The smallest absolute Gasteiger partial charge is 0.201 e. The minimum absolute atomic E-state index is 0.722. The molecule has 0 amide bonds. The third kappa shape index (κ3) is 2.93. The molecule has 29 heavy (non-hydrogen) atoms. The maximum Gasteiger partial charge on any atom is 0.201 e. The monoisotopic (exact) mass is 409 g/mol. The van der Waals surface area contributed by atoms with E-state index in [0.29, 0.717) is 0 Å². The predicted octanol–water partition coefficient (Wildman–Crippen LogP) is 1.61. The normalized spacial score (nSPS) is 14.8. The second-order valence-corrected chi connectivity index (χ2v) is 6.24. The van der Waals surface area contributed by atoms with Crippen LogP contribution in [0.3, 0.4) is 0 Å². The lowest BCUT2D eigenvalue weighted by Gasteiger charge is -2.26. The molecule has 2 aromatic carbocycles. The van der Waals surface area contributed by atoms with Crippen molar-refractivity contribution in [1.82, 2.24) is 0 Å². The molecule has 10 heteroatoms. The average molecular weight is 409 g/mol. The van der Waals surface area contributed by atoms with Gasteiger partial charge in [0, 0.05) is 0 Å². The highest BCUT2D eigenvalue weighted by Crippen LogP contribution is 2.42. The van der Waals surface area contributed by atoms with E-state index in [2.05, 4.69) is 11.9 Å². The first-order chi connectivity index (χ1) is 13.6. The van der Waals surface area contributed by atoms with Gasteiger partial charge in [-0.1, -0.05) is 6.08 Å². The van der Waals surface area contributed by atoms with Gasteiger partial charge in [0.2, 0.25) is 11.6 Å². The quantitative estimate of drug-likeness (QED) is 0.246. The van der Waals surface area contributed by atoms with Gasteiger partial charge in [0.05, 0.1) is 46.7 Å². The van der Waals surface area contributed by atoms with Crippen LogP contribution in [-0.2, 0) is 0 Å². The molecule has 0 heterocycles. The molecule has 152 valence electrons. The molecule has 0 saturated carbocycles. The van der Waals surface area contributed by atoms with E-state index in [4.69, 9.17) is 0 Å². The molecule has 0 spiro atoms. The fourth-order valence-corrected chi connectivity index (χ4v) is 3.12. The first-order valence-electron chi connectivity index (χ1n) is 8.18. The summed E-state index contributed by atoms with van der Waals surface area (Å²) in [6.45, 7) is 2.45. The van der Waals surface area contributed by atoms with Crippen molar-refractivity contribution in [3.63, 3.8) is 0 Å². The number of aliphatic hydroxyl groups excluding tert-OH is 2. The summed E-state index contributed by atoms with van der Waals surface area (Å²) in [5, 5.41) is 41.2. The van der Waals surface area contributed by atoms with Gasteiger partial charge in [-0.2, -0.15) is 0 Å². The van der Waals surface area contributed by atoms with E-state index in [1.165, 1.54) is 0 Å². The summed E-state index contributed by atoms with van der Waals surface area (Å²) in [6.07, 6.45) is -0.521. The zero-order valence-corrected chi connectivity index (χ0v) is 14.5. The third-order valence-electron chi connectivity index (χ3n) is 4.57. The Labute approximate surface area is 161 Å². The SMILES string of the molecule is C=CC(O)C(CO)Nc1c(F)c(F)c(F)c2c1C(=O)c1c(O)ccc(O)c1C2=O. The number of nitrogens with one attached hydrogen (secondary N) is 1. The number of phenols is 2. The van der Waals surface area contributed by atoms with Crippen LogP contribution in [0, 0.1) is 17.5 Å². The zero-order chi connectivity index (χ0) is 21.6. The molecule has 0 saturated heterocycles. The average Bonchev–Trinajstić information content (AvgIpc) is 2.70. The Morgan fingerprint density at radius 2 is 1.45 bits per heavy atom.